The molecule has 0 bridgehead atoms. The van der Waals surface area contributed by atoms with Gasteiger partial charge in [0.05, 0.1) is 12.1 Å². The van der Waals surface area contributed by atoms with Gasteiger partial charge < -0.3 is 19.9 Å². The van der Waals surface area contributed by atoms with E-state index in [1.54, 1.807) is 0 Å². The van der Waals surface area contributed by atoms with Gasteiger partial charge in [-0.2, -0.15) is 0 Å². The normalized spacial score (nSPS) is 26.9. The van der Waals surface area contributed by atoms with Crippen LogP contribution >= 0.6 is 0 Å². The molecule has 92 valence electrons. The van der Waals surface area contributed by atoms with Gasteiger partial charge in [0.2, 0.25) is 6.79 Å². The number of benzene rings is 1. The van der Waals surface area contributed by atoms with Crippen LogP contribution in [-0.2, 0) is 0 Å². The second-order valence-corrected chi connectivity index (χ2v) is 4.67. The first-order chi connectivity index (χ1) is 8.33. The summed E-state index contributed by atoms with van der Waals surface area (Å²) < 4.78 is 10.6. The van der Waals surface area contributed by atoms with Crippen LogP contribution in [0.15, 0.2) is 18.2 Å². The highest BCUT2D eigenvalue weighted by molar-refractivity contribution is 5.56. The SMILES string of the molecule is O[C@H]1CCCC[C@@H]1Nc1ccc2c(c1)OCO2. The molecule has 4 heteroatoms. The van der Waals surface area contributed by atoms with E-state index in [4.69, 9.17) is 9.47 Å². The Bertz CT molecular complexity index is 408. The highest BCUT2D eigenvalue weighted by Crippen LogP contribution is 2.35. The second-order valence-electron chi connectivity index (χ2n) is 4.67. The number of ether oxygens (including phenoxy) is 2. The third-order valence-corrected chi connectivity index (χ3v) is 3.45. The number of aliphatic hydroxyl groups excluding tert-OH is 1. The van der Waals surface area contributed by atoms with Crippen molar-refractivity contribution in [2.45, 2.75) is 37.8 Å². The summed E-state index contributed by atoms with van der Waals surface area (Å²) in [5.41, 5.74) is 0.986. The third-order valence-electron chi connectivity index (χ3n) is 3.45. The first-order valence-electron chi connectivity index (χ1n) is 6.17. The first kappa shape index (κ1) is 10.7. The number of aliphatic hydroxyl groups is 1. The van der Waals surface area contributed by atoms with Crippen LogP contribution < -0.4 is 14.8 Å². The minimum atomic E-state index is -0.242. The van der Waals surface area contributed by atoms with Gasteiger partial charge in [-0.1, -0.05) is 12.8 Å². The van der Waals surface area contributed by atoms with E-state index in [-0.39, 0.29) is 12.1 Å². The molecule has 1 heterocycles. The molecule has 0 amide bonds. The van der Waals surface area contributed by atoms with E-state index in [2.05, 4.69) is 5.32 Å². The Labute approximate surface area is 101 Å². The van der Waals surface area contributed by atoms with Crippen molar-refractivity contribution in [3.05, 3.63) is 18.2 Å². The van der Waals surface area contributed by atoms with E-state index in [0.29, 0.717) is 6.79 Å². The van der Waals surface area contributed by atoms with Crippen LogP contribution in [0.4, 0.5) is 5.69 Å². The average Bonchev–Trinajstić information content (AvgIpc) is 2.79. The summed E-state index contributed by atoms with van der Waals surface area (Å²) in [6.45, 7) is 0.296. The number of rotatable bonds is 2. The lowest BCUT2D eigenvalue weighted by Crippen LogP contribution is -2.36. The Kier molecular flexibility index (Phi) is 2.81. The van der Waals surface area contributed by atoms with Crippen molar-refractivity contribution in [3.63, 3.8) is 0 Å². The van der Waals surface area contributed by atoms with Gasteiger partial charge in [0.25, 0.3) is 0 Å². The Hall–Kier alpha value is -1.42. The van der Waals surface area contributed by atoms with E-state index in [1.165, 1.54) is 6.42 Å². The quantitative estimate of drug-likeness (QED) is 0.824. The summed E-state index contributed by atoms with van der Waals surface area (Å²) in [7, 11) is 0. The molecule has 1 aromatic rings. The predicted octanol–water partition coefficient (Wildman–Crippen LogP) is 2.13. The smallest absolute Gasteiger partial charge is 0.231 e. The number of fused-ring (bicyclic) bond motifs is 1. The molecule has 0 aromatic heterocycles. The number of hydrogen-bond donors (Lipinski definition) is 2. The lowest BCUT2D eigenvalue weighted by Gasteiger charge is -2.29. The van der Waals surface area contributed by atoms with Crippen molar-refractivity contribution in [1.82, 2.24) is 0 Å². The van der Waals surface area contributed by atoms with E-state index in [9.17, 15) is 5.11 Å². The molecular formula is C13H17NO3. The maximum absolute atomic E-state index is 9.91. The zero-order chi connectivity index (χ0) is 11.7. The van der Waals surface area contributed by atoms with Crippen LogP contribution in [-0.4, -0.2) is 24.0 Å². The van der Waals surface area contributed by atoms with Crippen molar-refractivity contribution >= 4 is 5.69 Å². The fourth-order valence-corrected chi connectivity index (χ4v) is 2.48. The van der Waals surface area contributed by atoms with Crippen molar-refractivity contribution in [2.24, 2.45) is 0 Å². The molecule has 17 heavy (non-hydrogen) atoms. The zero-order valence-corrected chi connectivity index (χ0v) is 9.69. The van der Waals surface area contributed by atoms with Crippen molar-refractivity contribution in [2.75, 3.05) is 12.1 Å². The summed E-state index contributed by atoms with van der Waals surface area (Å²) in [6.07, 6.45) is 3.98. The Balaban J connectivity index is 1.72. The minimum absolute atomic E-state index is 0.157. The topological polar surface area (TPSA) is 50.7 Å². The molecule has 2 aliphatic rings. The molecule has 0 saturated heterocycles. The summed E-state index contributed by atoms with van der Waals surface area (Å²) in [4.78, 5) is 0. The van der Waals surface area contributed by atoms with Crippen LogP contribution in [0.2, 0.25) is 0 Å². The predicted molar refractivity (Wildman–Crippen MR) is 64.5 cm³/mol. The van der Waals surface area contributed by atoms with Crippen molar-refractivity contribution in [1.29, 1.82) is 0 Å². The minimum Gasteiger partial charge on any atom is -0.454 e. The molecule has 0 radical (unpaired) electrons. The standard InChI is InChI=1S/C13H17NO3/c15-11-4-2-1-3-10(11)14-9-5-6-12-13(7-9)17-8-16-12/h5-7,10-11,14-15H,1-4,8H2/t10-,11-/m0/s1. The van der Waals surface area contributed by atoms with E-state index in [1.807, 2.05) is 18.2 Å². The largest absolute Gasteiger partial charge is 0.454 e. The molecule has 1 aliphatic heterocycles. The average molecular weight is 235 g/mol. The van der Waals surface area contributed by atoms with Crippen LogP contribution in [0.3, 0.4) is 0 Å². The fourth-order valence-electron chi connectivity index (χ4n) is 2.48. The fraction of sp³-hybridized carbons (Fsp3) is 0.538. The molecule has 0 unspecified atom stereocenters. The van der Waals surface area contributed by atoms with Gasteiger partial charge in [0.15, 0.2) is 11.5 Å². The number of hydrogen-bond acceptors (Lipinski definition) is 4. The van der Waals surface area contributed by atoms with E-state index < -0.39 is 0 Å². The zero-order valence-electron chi connectivity index (χ0n) is 9.69. The van der Waals surface area contributed by atoms with Gasteiger partial charge in [0.1, 0.15) is 0 Å². The molecule has 1 saturated carbocycles. The lowest BCUT2D eigenvalue weighted by molar-refractivity contribution is 0.116. The molecule has 0 spiro atoms. The van der Waals surface area contributed by atoms with Crippen LogP contribution in [0.1, 0.15) is 25.7 Å². The number of nitrogens with one attached hydrogen (secondary N) is 1. The lowest BCUT2D eigenvalue weighted by atomic mass is 9.92. The maximum Gasteiger partial charge on any atom is 0.231 e. The van der Waals surface area contributed by atoms with Gasteiger partial charge in [-0.3, -0.25) is 0 Å². The van der Waals surface area contributed by atoms with E-state index >= 15 is 0 Å². The molecule has 1 aromatic carbocycles. The summed E-state index contributed by atoms with van der Waals surface area (Å²) >= 11 is 0. The molecule has 1 fully saturated rings. The Morgan fingerprint density at radius 3 is 2.82 bits per heavy atom. The third kappa shape index (κ3) is 2.17. The Morgan fingerprint density at radius 2 is 1.94 bits per heavy atom. The first-order valence-corrected chi connectivity index (χ1v) is 6.17. The van der Waals surface area contributed by atoms with Crippen molar-refractivity contribution < 1.29 is 14.6 Å². The van der Waals surface area contributed by atoms with Crippen molar-refractivity contribution in [3.8, 4) is 11.5 Å². The van der Waals surface area contributed by atoms with Gasteiger partial charge >= 0.3 is 0 Å². The second kappa shape index (κ2) is 4.45. The number of anilines is 1. The molecule has 3 rings (SSSR count). The summed E-state index contributed by atoms with van der Waals surface area (Å²) in [5.74, 6) is 1.57. The van der Waals surface area contributed by atoms with Crippen LogP contribution in [0.25, 0.3) is 0 Å². The van der Waals surface area contributed by atoms with Gasteiger partial charge in [-0.15, -0.1) is 0 Å². The summed E-state index contributed by atoms with van der Waals surface area (Å²) in [5, 5.41) is 13.3. The Morgan fingerprint density at radius 1 is 1.12 bits per heavy atom. The highest BCUT2D eigenvalue weighted by atomic mass is 16.7. The summed E-state index contributed by atoms with van der Waals surface area (Å²) in [6, 6.07) is 5.96. The highest BCUT2D eigenvalue weighted by Gasteiger charge is 2.23. The molecular weight excluding hydrogens is 218 g/mol. The molecule has 1 aliphatic carbocycles. The molecule has 2 atom stereocenters. The molecule has 4 nitrogen and oxygen atoms in total. The van der Waals surface area contributed by atoms with Crippen LogP contribution in [0.5, 0.6) is 11.5 Å². The molecule has 2 N–H and O–H groups in total. The van der Waals surface area contributed by atoms with Crippen LogP contribution in [0, 0.1) is 0 Å². The van der Waals surface area contributed by atoms with E-state index in [0.717, 1.165) is 36.4 Å². The maximum atomic E-state index is 9.91. The van der Waals surface area contributed by atoms with Gasteiger partial charge in [-0.05, 0) is 25.0 Å². The van der Waals surface area contributed by atoms with Gasteiger partial charge in [-0.25, -0.2) is 0 Å². The monoisotopic (exact) mass is 235 g/mol. The van der Waals surface area contributed by atoms with Gasteiger partial charge in [0, 0.05) is 11.8 Å².